The van der Waals surface area contributed by atoms with Gasteiger partial charge in [-0.25, -0.2) is 0 Å². The molecule has 0 aromatic heterocycles. The summed E-state index contributed by atoms with van der Waals surface area (Å²) in [5, 5.41) is 66.0. The van der Waals surface area contributed by atoms with Gasteiger partial charge in [-0.15, -0.1) is 0 Å². The van der Waals surface area contributed by atoms with Crippen LogP contribution in [-0.4, -0.2) is 105 Å². The van der Waals surface area contributed by atoms with Crippen LogP contribution in [0.1, 0.15) is 0 Å². The Bertz CT molecular complexity index is 550. The minimum absolute atomic E-state index is 0.379. The zero-order valence-corrected chi connectivity index (χ0v) is 13.8. The summed E-state index contributed by atoms with van der Waals surface area (Å²) in [6.07, 6.45) is -15.8. The fourth-order valence-electron chi connectivity index (χ4n) is 2.73. The van der Waals surface area contributed by atoms with E-state index in [1.807, 2.05) is 0 Å². The monoisotopic (exact) mass is 392 g/mol. The van der Waals surface area contributed by atoms with E-state index in [2.05, 4.69) is 20.1 Å². The van der Waals surface area contributed by atoms with Gasteiger partial charge < -0.3 is 44.8 Å². The van der Waals surface area contributed by atoms with Crippen LogP contribution in [0.4, 0.5) is 0 Å². The number of rotatable bonds is 6. The second-order valence-electron chi connectivity index (χ2n) is 5.99. The summed E-state index contributed by atoms with van der Waals surface area (Å²) in [4.78, 5) is 5.00. The summed E-state index contributed by atoms with van der Waals surface area (Å²) in [5.41, 5.74) is 16.7. The van der Waals surface area contributed by atoms with Crippen LogP contribution in [0.25, 0.3) is 20.9 Å². The number of nitrogens with zero attached hydrogens (tertiary/aromatic N) is 6. The lowest BCUT2D eigenvalue weighted by Gasteiger charge is -2.44. The minimum atomic E-state index is -1.77. The highest BCUT2D eigenvalue weighted by atomic mass is 16.8. The van der Waals surface area contributed by atoms with E-state index in [1.165, 1.54) is 0 Å². The minimum Gasteiger partial charge on any atom is -0.388 e. The molecule has 0 aliphatic carbocycles. The van der Waals surface area contributed by atoms with Crippen LogP contribution in [0.2, 0.25) is 0 Å². The van der Waals surface area contributed by atoms with Crippen molar-refractivity contribution in [3.8, 4) is 0 Å². The molecule has 2 rings (SSSR count). The van der Waals surface area contributed by atoms with Crippen molar-refractivity contribution in [2.24, 2.45) is 10.2 Å². The maximum Gasteiger partial charge on any atom is 0.189 e. The first-order valence-electron chi connectivity index (χ1n) is 7.88. The molecule has 0 spiro atoms. The third kappa shape index (κ3) is 4.76. The molecule has 2 heterocycles. The quantitative estimate of drug-likeness (QED) is 0.155. The Balaban J connectivity index is 2.11. The number of hydrogen-bond acceptors (Lipinski definition) is 11. The van der Waals surface area contributed by atoms with Crippen molar-refractivity contribution in [1.29, 1.82) is 0 Å². The summed E-state index contributed by atoms with van der Waals surface area (Å²) in [6.45, 7) is -0.757. The molecule has 2 aliphatic heterocycles. The smallest absolute Gasteiger partial charge is 0.189 e. The van der Waals surface area contributed by atoms with Gasteiger partial charge in [-0.2, -0.15) is 0 Å². The number of ether oxygens (including phenoxy) is 3. The fourth-order valence-corrected chi connectivity index (χ4v) is 2.73. The van der Waals surface area contributed by atoms with Gasteiger partial charge in [-0.1, -0.05) is 10.2 Å². The molecule has 2 aliphatic rings. The van der Waals surface area contributed by atoms with Crippen LogP contribution < -0.4 is 0 Å². The summed E-state index contributed by atoms with van der Waals surface area (Å²) in [6, 6.07) is 0. The molecular formula is C12H20N6O9. The van der Waals surface area contributed by atoms with Gasteiger partial charge in [0.05, 0.1) is 25.3 Å². The van der Waals surface area contributed by atoms with Crippen LogP contribution in [0.3, 0.4) is 0 Å². The SMILES string of the molecule is [N-]=[N+]=NC[C@H]1O[C@H](OC2O[C@H](CN=[N+]=[N-])[C@@H](O)[C@H](O)[C@H]2O)[C@H](O)[C@@H](O)[C@@H]1O. The summed E-state index contributed by atoms with van der Waals surface area (Å²) in [7, 11) is 0. The van der Waals surface area contributed by atoms with E-state index in [9.17, 15) is 30.6 Å². The van der Waals surface area contributed by atoms with Crippen molar-refractivity contribution in [3.05, 3.63) is 20.9 Å². The van der Waals surface area contributed by atoms with Gasteiger partial charge in [-0.05, 0) is 11.1 Å². The Labute approximate surface area is 151 Å². The lowest BCUT2D eigenvalue weighted by molar-refractivity contribution is -0.371. The van der Waals surface area contributed by atoms with Gasteiger partial charge in [0, 0.05) is 9.82 Å². The molecule has 27 heavy (non-hydrogen) atoms. The van der Waals surface area contributed by atoms with Crippen molar-refractivity contribution in [1.82, 2.24) is 0 Å². The number of azide groups is 2. The highest BCUT2D eigenvalue weighted by Gasteiger charge is 2.49. The third-order valence-electron chi connectivity index (χ3n) is 4.25. The number of hydrogen-bond donors (Lipinski definition) is 6. The van der Waals surface area contributed by atoms with E-state index in [0.717, 1.165) is 0 Å². The molecule has 152 valence electrons. The highest BCUT2D eigenvalue weighted by molar-refractivity contribution is 4.93. The van der Waals surface area contributed by atoms with Crippen LogP contribution in [-0.2, 0) is 14.2 Å². The Morgan fingerprint density at radius 1 is 0.667 bits per heavy atom. The van der Waals surface area contributed by atoms with E-state index >= 15 is 0 Å². The predicted molar refractivity (Wildman–Crippen MR) is 82.5 cm³/mol. The van der Waals surface area contributed by atoms with Gasteiger partial charge in [0.15, 0.2) is 12.6 Å². The van der Waals surface area contributed by atoms with Crippen LogP contribution >= 0.6 is 0 Å². The second-order valence-corrected chi connectivity index (χ2v) is 5.99. The largest absolute Gasteiger partial charge is 0.388 e. The molecular weight excluding hydrogens is 372 g/mol. The lowest BCUT2D eigenvalue weighted by atomic mass is 9.97. The van der Waals surface area contributed by atoms with Crippen LogP contribution in [0, 0.1) is 0 Å². The standard InChI is InChI=1S/C12H20N6O9/c13-17-15-1-3-5(19)7(21)9(23)11(25-3)27-12-10(24)8(22)6(20)4(26-12)2-16-18-14/h3-12,19-24H,1-2H2/t3-,4-,5-,6-,7+,8+,9-,10-,11-,12?/m1/s1. The molecule has 0 radical (unpaired) electrons. The Hall–Kier alpha value is -1.74. The van der Waals surface area contributed by atoms with Gasteiger partial charge in [-0.3, -0.25) is 0 Å². The molecule has 1 unspecified atom stereocenters. The molecule has 0 saturated carbocycles. The molecule has 0 amide bonds. The molecule has 2 saturated heterocycles. The molecule has 15 nitrogen and oxygen atoms in total. The van der Waals surface area contributed by atoms with Crippen molar-refractivity contribution < 1.29 is 44.8 Å². The predicted octanol–water partition coefficient (Wildman–Crippen LogP) is -2.76. The van der Waals surface area contributed by atoms with Crippen LogP contribution in [0.5, 0.6) is 0 Å². The molecule has 15 heteroatoms. The maximum absolute atomic E-state index is 10.0. The van der Waals surface area contributed by atoms with Crippen LogP contribution in [0.15, 0.2) is 10.2 Å². The molecule has 2 fully saturated rings. The average molecular weight is 392 g/mol. The third-order valence-corrected chi connectivity index (χ3v) is 4.25. The van der Waals surface area contributed by atoms with Gasteiger partial charge in [0.25, 0.3) is 0 Å². The first-order chi connectivity index (χ1) is 12.8. The fraction of sp³-hybridized carbons (Fsp3) is 1.00. The zero-order chi connectivity index (χ0) is 20.1. The zero-order valence-electron chi connectivity index (χ0n) is 13.8. The molecule has 0 aromatic carbocycles. The number of aliphatic hydroxyl groups is 6. The summed E-state index contributed by atoms with van der Waals surface area (Å²) >= 11 is 0. The van der Waals surface area contributed by atoms with Gasteiger partial charge in [0.1, 0.15) is 36.6 Å². The molecule has 0 bridgehead atoms. The average Bonchev–Trinajstić information content (AvgIpc) is 2.66. The van der Waals surface area contributed by atoms with E-state index in [-0.39, 0.29) is 13.1 Å². The normalized spacial score (nSPS) is 44.8. The highest BCUT2D eigenvalue weighted by Crippen LogP contribution is 2.28. The van der Waals surface area contributed by atoms with E-state index in [0.29, 0.717) is 0 Å². The van der Waals surface area contributed by atoms with Crippen molar-refractivity contribution in [3.63, 3.8) is 0 Å². The van der Waals surface area contributed by atoms with E-state index < -0.39 is 61.4 Å². The Morgan fingerprint density at radius 2 is 1.04 bits per heavy atom. The Morgan fingerprint density at radius 3 is 1.37 bits per heavy atom. The molecule has 10 atom stereocenters. The van der Waals surface area contributed by atoms with Gasteiger partial charge >= 0.3 is 0 Å². The van der Waals surface area contributed by atoms with Gasteiger partial charge in [0.2, 0.25) is 0 Å². The maximum atomic E-state index is 10.0. The Kier molecular flexibility index (Phi) is 7.55. The number of aliphatic hydroxyl groups excluding tert-OH is 6. The second kappa shape index (κ2) is 9.45. The summed E-state index contributed by atoms with van der Waals surface area (Å²) < 4.78 is 15.8. The summed E-state index contributed by atoms with van der Waals surface area (Å²) in [5.74, 6) is 0. The van der Waals surface area contributed by atoms with Crippen molar-refractivity contribution in [2.75, 3.05) is 13.1 Å². The lowest BCUT2D eigenvalue weighted by Crippen LogP contribution is -2.63. The molecule has 0 aromatic rings. The first-order valence-corrected chi connectivity index (χ1v) is 7.88. The van der Waals surface area contributed by atoms with E-state index in [4.69, 9.17) is 25.3 Å². The van der Waals surface area contributed by atoms with Crippen molar-refractivity contribution >= 4 is 0 Å². The molecule has 6 N–H and O–H groups in total. The topological polar surface area (TPSA) is 247 Å². The first kappa shape index (κ1) is 21.6. The van der Waals surface area contributed by atoms with E-state index in [1.54, 1.807) is 0 Å². The van der Waals surface area contributed by atoms with Crippen molar-refractivity contribution in [2.45, 2.75) is 61.4 Å².